The molecule has 0 aliphatic rings. The van der Waals surface area contributed by atoms with Crippen LogP contribution < -0.4 is 15.4 Å². The lowest BCUT2D eigenvalue weighted by molar-refractivity contribution is -0.0498. The summed E-state index contributed by atoms with van der Waals surface area (Å²) in [5.41, 5.74) is 1.56. The van der Waals surface area contributed by atoms with E-state index in [0.717, 1.165) is 17.0 Å². The van der Waals surface area contributed by atoms with E-state index in [2.05, 4.69) is 30.6 Å². The van der Waals surface area contributed by atoms with Gasteiger partial charge in [-0.15, -0.1) is 34.2 Å². The van der Waals surface area contributed by atoms with Gasteiger partial charge in [-0.25, -0.2) is 0 Å². The molecule has 3 rings (SSSR count). The number of benzene rings is 1. The number of pyridine rings is 1. The van der Waals surface area contributed by atoms with Crippen LogP contribution in [0.25, 0.3) is 5.65 Å². The summed E-state index contributed by atoms with van der Waals surface area (Å²) in [6.07, 6.45) is 1.89. The topological polar surface area (TPSA) is 75.8 Å². The summed E-state index contributed by atoms with van der Waals surface area (Å²) in [6, 6.07) is 12.2. The van der Waals surface area contributed by atoms with E-state index in [4.69, 9.17) is 0 Å². The molecule has 7 nitrogen and oxygen atoms in total. The van der Waals surface area contributed by atoms with Crippen molar-refractivity contribution in [1.29, 1.82) is 0 Å². The van der Waals surface area contributed by atoms with Gasteiger partial charge >= 0.3 is 6.61 Å². The number of alkyl halides is 2. The highest BCUT2D eigenvalue weighted by atomic mass is 127. The van der Waals surface area contributed by atoms with Crippen LogP contribution in [0.5, 0.6) is 5.75 Å². The van der Waals surface area contributed by atoms with E-state index >= 15 is 0 Å². The smallest absolute Gasteiger partial charge is 0.387 e. The minimum absolute atomic E-state index is 0. The van der Waals surface area contributed by atoms with Crippen molar-refractivity contribution in [2.45, 2.75) is 19.7 Å². The zero-order valence-electron chi connectivity index (χ0n) is 14.5. The monoisotopic (exact) mass is 488 g/mol. The molecule has 0 fully saturated rings. The van der Waals surface area contributed by atoms with Gasteiger partial charge in [-0.1, -0.05) is 18.2 Å². The maximum atomic E-state index is 12.3. The number of nitrogens with zero attached hydrogens (tertiary/aromatic N) is 4. The number of hydrogen-bond acceptors (Lipinski definition) is 4. The molecule has 2 heterocycles. The minimum atomic E-state index is -2.84. The Labute approximate surface area is 171 Å². The Balaban J connectivity index is 0.00000261. The van der Waals surface area contributed by atoms with Crippen LogP contribution in [0.1, 0.15) is 11.4 Å². The van der Waals surface area contributed by atoms with Crippen molar-refractivity contribution in [2.24, 2.45) is 4.99 Å². The van der Waals surface area contributed by atoms with Crippen molar-refractivity contribution in [2.75, 3.05) is 7.05 Å². The van der Waals surface area contributed by atoms with Crippen molar-refractivity contribution < 1.29 is 13.5 Å². The second-order valence-corrected chi connectivity index (χ2v) is 5.35. The van der Waals surface area contributed by atoms with Crippen LogP contribution in [0.3, 0.4) is 0 Å². The summed E-state index contributed by atoms with van der Waals surface area (Å²) < 4.78 is 30.9. The first-order valence-electron chi connectivity index (χ1n) is 7.92. The lowest BCUT2D eigenvalue weighted by atomic mass is 10.2. The van der Waals surface area contributed by atoms with Gasteiger partial charge in [0, 0.05) is 19.8 Å². The highest BCUT2D eigenvalue weighted by Crippen LogP contribution is 2.15. The van der Waals surface area contributed by atoms with Gasteiger partial charge < -0.3 is 15.4 Å². The molecule has 0 atom stereocenters. The molecule has 1 aromatic carbocycles. The molecular formula is C17H19F2IN6O. The molecule has 0 spiro atoms. The SMILES string of the molecule is CN=C(NCc1cccc(OC(F)F)c1)NCc1nnc2ccccn12.I. The first-order chi connectivity index (χ1) is 12.7. The van der Waals surface area contributed by atoms with Gasteiger partial charge in [0.2, 0.25) is 0 Å². The Hall–Kier alpha value is -2.50. The van der Waals surface area contributed by atoms with Crippen LogP contribution in [0.2, 0.25) is 0 Å². The van der Waals surface area contributed by atoms with Gasteiger partial charge in [-0.3, -0.25) is 9.39 Å². The molecule has 0 aliphatic carbocycles. The maximum Gasteiger partial charge on any atom is 0.387 e. The van der Waals surface area contributed by atoms with E-state index in [-0.39, 0.29) is 29.7 Å². The van der Waals surface area contributed by atoms with Crippen molar-refractivity contribution in [3.8, 4) is 5.75 Å². The third-order valence-electron chi connectivity index (χ3n) is 3.61. The van der Waals surface area contributed by atoms with E-state index in [1.54, 1.807) is 19.2 Å². The van der Waals surface area contributed by atoms with Gasteiger partial charge in [0.1, 0.15) is 5.75 Å². The number of halogens is 3. The summed E-state index contributed by atoms with van der Waals surface area (Å²) in [5, 5.41) is 14.5. The number of fused-ring (bicyclic) bond motifs is 1. The molecule has 0 bridgehead atoms. The average Bonchev–Trinajstić information content (AvgIpc) is 3.05. The number of ether oxygens (including phenoxy) is 1. The summed E-state index contributed by atoms with van der Waals surface area (Å²) >= 11 is 0. The molecular weight excluding hydrogens is 469 g/mol. The van der Waals surface area contributed by atoms with Crippen LogP contribution in [-0.4, -0.2) is 34.2 Å². The van der Waals surface area contributed by atoms with E-state index in [1.165, 1.54) is 6.07 Å². The number of rotatable bonds is 6. The fourth-order valence-corrected chi connectivity index (χ4v) is 2.41. The zero-order valence-corrected chi connectivity index (χ0v) is 16.8. The number of aromatic nitrogens is 3. The van der Waals surface area contributed by atoms with Crippen molar-refractivity contribution >= 4 is 35.6 Å². The lowest BCUT2D eigenvalue weighted by Gasteiger charge is -2.12. The van der Waals surface area contributed by atoms with Gasteiger partial charge in [0.05, 0.1) is 6.54 Å². The Morgan fingerprint density at radius 3 is 2.74 bits per heavy atom. The third kappa shape index (κ3) is 5.74. The molecule has 3 aromatic rings. The Kier molecular flexibility index (Phi) is 7.70. The molecule has 0 amide bonds. The van der Waals surface area contributed by atoms with Crippen molar-refractivity contribution in [1.82, 2.24) is 25.2 Å². The highest BCUT2D eigenvalue weighted by Gasteiger charge is 2.07. The first-order valence-corrected chi connectivity index (χ1v) is 7.92. The van der Waals surface area contributed by atoms with Gasteiger partial charge in [-0.2, -0.15) is 8.78 Å². The van der Waals surface area contributed by atoms with E-state index in [1.807, 2.05) is 34.9 Å². The molecule has 2 N–H and O–H groups in total. The largest absolute Gasteiger partial charge is 0.435 e. The molecule has 27 heavy (non-hydrogen) atoms. The van der Waals surface area contributed by atoms with E-state index in [0.29, 0.717) is 19.0 Å². The second-order valence-electron chi connectivity index (χ2n) is 5.35. The zero-order chi connectivity index (χ0) is 18.4. The minimum Gasteiger partial charge on any atom is -0.435 e. The lowest BCUT2D eigenvalue weighted by Crippen LogP contribution is -2.36. The predicted molar refractivity (Wildman–Crippen MR) is 109 cm³/mol. The fraction of sp³-hybridized carbons (Fsp3) is 0.235. The van der Waals surface area contributed by atoms with Crippen LogP contribution >= 0.6 is 24.0 Å². The predicted octanol–water partition coefficient (Wildman–Crippen LogP) is 2.81. The Bertz CT molecular complexity index is 902. The number of hydrogen-bond donors (Lipinski definition) is 2. The van der Waals surface area contributed by atoms with Crippen LogP contribution in [-0.2, 0) is 13.1 Å². The molecule has 0 saturated carbocycles. The number of aliphatic imine (C=N–C) groups is 1. The summed E-state index contributed by atoms with van der Waals surface area (Å²) in [4.78, 5) is 4.14. The number of guanidine groups is 1. The van der Waals surface area contributed by atoms with Crippen molar-refractivity contribution in [3.63, 3.8) is 0 Å². The summed E-state index contributed by atoms with van der Waals surface area (Å²) in [7, 11) is 1.65. The molecule has 144 valence electrons. The van der Waals surface area contributed by atoms with Gasteiger partial charge in [0.25, 0.3) is 0 Å². The quantitative estimate of drug-likeness (QED) is 0.317. The van der Waals surface area contributed by atoms with E-state index < -0.39 is 6.61 Å². The molecule has 2 aromatic heterocycles. The summed E-state index contributed by atoms with van der Waals surface area (Å²) in [5.74, 6) is 1.42. The molecule has 0 aliphatic heterocycles. The van der Waals surface area contributed by atoms with Crippen LogP contribution in [0, 0.1) is 0 Å². The van der Waals surface area contributed by atoms with Crippen molar-refractivity contribution in [3.05, 3.63) is 60.0 Å². The molecule has 0 radical (unpaired) electrons. The molecule has 0 unspecified atom stereocenters. The highest BCUT2D eigenvalue weighted by molar-refractivity contribution is 14.0. The first kappa shape index (κ1) is 20.8. The maximum absolute atomic E-state index is 12.3. The van der Waals surface area contributed by atoms with Gasteiger partial charge in [0.15, 0.2) is 17.4 Å². The third-order valence-corrected chi connectivity index (χ3v) is 3.61. The summed E-state index contributed by atoms with van der Waals surface area (Å²) in [6.45, 7) is -2.01. The second kappa shape index (κ2) is 10.00. The molecule has 10 heteroatoms. The van der Waals surface area contributed by atoms with Crippen LogP contribution in [0.4, 0.5) is 8.78 Å². The fourth-order valence-electron chi connectivity index (χ4n) is 2.41. The van der Waals surface area contributed by atoms with Gasteiger partial charge in [-0.05, 0) is 29.8 Å². The average molecular weight is 488 g/mol. The standard InChI is InChI=1S/C17H18F2N6O.HI/c1-20-17(21-10-12-5-4-6-13(9-12)26-16(18)19)22-11-15-24-23-14-7-2-3-8-25(14)15;/h2-9,16H,10-11H2,1H3,(H2,20,21,22);1H. The molecule has 0 saturated heterocycles. The number of nitrogens with one attached hydrogen (secondary N) is 2. The van der Waals surface area contributed by atoms with Crippen LogP contribution in [0.15, 0.2) is 53.7 Å². The van der Waals surface area contributed by atoms with E-state index in [9.17, 15) is 8.78 Å². The Morgan fingerprint density at radius 1 is 1.15 bits per heavy atom. The Morgan fingerprint density at radius 2 is 1.96 bits per heavy atom. The normalized spacial score (nSPS) is 11.3.